The van der Waals surface area contributed by atoms with Crippen LogP contribution in [0.1, 0.15) is 79.1 Å². The van der Waals surface area contributed by atoms with Gasteiger partial charge in [0.2, 0.25) is 5.91 Å². The van der Waals surface area contributed by atoms with E-state index in [1.807, 2.05) is 0 Å². The van der Waals surface area contributed by atoms with Gasteiger partial charge in [0.15, 0.2) is 6.61 Å². The van der Waals surface area contributed by atoms with Crippen LogP contribution in [0.25, 0.3) is 0 Å². The molecule has 2 N–H and O–H groups in total. The first-order valence-electron chi connectivity index (χ1n) is 11.3. The predicted octanol–water partition coefficient (Wildman–Crippen LogP) is 3.83. The molecule has 6 rings (SSSR count). The molecule has 0 saturated heterocycles. The highest BCUT2D eigenvalue weighted by Crippen LogP contribution is 2.55. The number of anilines is 1. The van der Waals surface area contributed by atoms with Gasteiger partial charge in [0.1, 0.15) is 5.00 Å². The highest BCUT2D eigenvalue weighted by molar-refractivity contribution is 7.17. The summed E-state index contributed by atoms with van der Waals surface area (Å²) in [6, 6.07) is 0. The van der Waals surface area contributed by atoms with Gasteiger partial charge in [-0.25, -0.2) is 4.79 Å². The normalized spacial score (nSPS) is 31.2. The lowest BCUT2D eigenvalue weighted by atomic mass is 9.53. The van der Waals surface area contributed by atoms with Crippen molar-refractivity contribution < 1.29 is 19.1 Å². The second-order valence-corrected chi connectivity index (χ2v) is 11.0. The molecular formula is C23H30N2O4S. The SMILES string of the molecule is CC(=O)Nc1sc2c(c1C(=O)OCC(=O)NC13CC4CC(CC(C4)C1)C3)CCCC2. The highest BCUT2D eigenvalue weighted by Gasteiger charge is 2.51. The van der Waals surface area contributed by atoms with E-state index >= 15 is 0 Å². The van der Waals surface area contributed by atoms with E-state index in [2.05, 4.69) is 10.6 Å². The Bertz CT molecular complexity index is 855. The number of rotatable bonds is 5. The number of carbonyl (C=O) groups is 3. The number of carbonyl (C=O) groups excluding carboxylic acids is 3. The summed E-state index contributed by atoms with van der Waals surface area (Å²) in [4.78, 5) is 38.3. The van der Waals surface area contributed by atoms with Crippen LogP contribution in [0.15, 0.2) is 0 Å². The number of nitrogens with one attached hydrogen (secondary N) is 2. The topological polar surface area (TPSA) is 84.5 Å². The molecule has 0 aliphatic heterocycles. The monoisotopic (exact) mass is 430 g/mol. The molecular weight excluding hydrogens is 400 g/mol. The number of hydrogen-bond acceptors (Lipinski definition) is 5. The Hall–Kier alpha value is -1.89. The third-order valence-electron chi connectivity index (χ3n) is 7.44. The molecule has 0 unspecified atom stereocenters. The molecule has 1 heterocycles. The highest BCUT2D eigenvalue weighted by atomic mass is 32.1. The number of esters is 1. The molecule has 5 aliphatic carbocycles. The van der Waals surface area contributed by atoms with Crippen molar-refractivity contribution in [2.24, 2.45) is 17.8 Å². The lowest BCUT2D eigenvalue weighted by Gasteiger charge is -2.56. The summed E-state index contributed by atoms with van der Waals surface area (Å²) in [5, 5.41) is 6.59. The zero-order valence-corrected chi connectivity index (χ0v) is 18.4. The van der Waals surface area contributed by atoms with Crippen LogP contribution in [0.5, 0.6) is 0 Å². The van der Waals surface area contributed by atoms with Crippen molar-refractivity contribution in [3.8, 4) is 0 Å². The molecule has 0 radical (unpaired) electrons. The lowest BCUT2D eigenvalue weighted by Crippen LogP contribution is -2.60. The van der Waals surface area contributed by atoms with Gasteiger partial charge in [-0.1, -0.05) is 0 Å². The van der Waals surface area contributed by atoms with Crippen molar-refractivity contribution in [2.75, 3.05) is 11.9 Å². The number of thiophene rings is 1. The molecule has 0 aromatic carbocycles. The minimum Gasteiger partial charge on any atom is -0.452 e. The van der Waals surface area contributed by atoms with Gasteiger partial charge >= 0.3 is 5.97 Å². The van der Waals surface area contributed by atoms with Crippen molar-refractivity contribution >= 4 is 34.1 Å². The van der Waals surface area contributed by atoms with E-state index in [1.165, 1.54) is 37.5 Å². The first-order chi connectivity index (χ1) is 14.4. The summed E-state index contributed by atoms with van der Waals surface area (Å²) in [5.74, 6) is 1.33. The fraction of sp³-hybridized carbons (Fsp3) is 0.696. The summed E-state index contributed by atoms with van der Waals surface area (Å²) in [6.07, 6.45) is 11.0. The van der Waals surface area contributed by atoms with E-state index in [0.717, 1.165) is 73.1 Å². The quantitative estimate of drug-likeness (QED) is 0.696. The summed E-state index contributed by atoms with van der Waals surface area (Å²) >= 11 is 1.46. The Morgan fingerprint density at radius 2 is 1.67 bits per heavy atom. The molecule has 4 bridgehead atoms. The Morgan fingerprint density at radius 1 is 1.03 bits per heavy atom. The van der Waals surface area contributed by atoms with Crippen LogP contribution in [0.2, 0.25) is 0 Å². The van der Waals surface area contributed by atoms with E-state index in [1.54, 1.807) is 0 Å². The number of fused-ring (bicyclic) bond motifs is 1. The van der Waals surface area contributed by atoms with Gasteiger partial charge in [0.25, 0.3) is 5.91 Å². The summed E-state index contributed by atoms with van der Waals surface area (Å²) in [7, 11) is 0. The molecule has 5 aliphatic rings. The maximum atomic E-state index is 12.9. The molecule has 4 fully saturated rings. The smallest absolute Gasteiger partial charge is 0.341 e. The van der Waals surface area contributed by atoms with Crippen LogP contribution in [0.4, 0.5) is 5.00 Å². The summed E-state index contributed by atoms with van der Waals surface area (Å²) in [6.45, 7) is 1.18. The molecule has 30 heavy (non-hydrogen) atoms. The Morgan fingerprint density at radius 3 is 2.30 bits per heavy atom. The first-order valence-corrected chi connectivity index (χ1v) is 12.1. The molecule has 0 spiro atoms. The fourth-order valence-corrected chi connectivity index (χ4v) is 8.15. The van der Waals surface area contributed by atoms with Crippen molar-refractivity contribution in [3.63, 3.8) is 0 Å². The fourth-order valence-electron chi connectivity index (χ4n) is 6.83. The molecule has 2 amide bonds. The standard InChI is InChI=1S/C23H30N2O4S/c1-13(26)24-21-20(17-4-2-3-5-18(17)30-21)22(28)29-12-19(27)25-23-9-14-6-15(10-23)8-16(7-14)11-23/h14-16H,2-12H2,1H3,(H,24,26)(H,25,27). The van der Waals surface area contributed by atoms with Gasteiger partial charge in [0.05, 0.1) is 5.56 Å². The molecule has 0 atom stereocenters. The first kappa shape index (κ1) is 20.0. The van der Waals surface area contributed by atoms with Crippen LogP contribution in [-0.2, 0) is 27.2 Å². The van der Waals surface area contributed by atoms with Gasteiger partial charge in [-0.3, -0.25) is 9.59 Å². The molecule has 7 heteroatoms. The average Bonchev–Trinajstić information content (AvgIpc) is 3.01. The largest absolute Gasteiger partial charge is 0.452 e. The predicted molar refractivity (Wildman–Crippen MR) is 115 cm³/mol. The number of amides is 2. The number of ether oxygens (including phenoxy) is 1. The minimum atomic E-state index is -0.501. The maximum absolute atomic E-state index is 12.9. The Kier molecular flexibility index (Phi) is 5.12. The van der Waals surface area contributed by atoms with Crippen LogP contribution >= 0.6 is 11.3 Å². The van der Waals surface area contributed by atoms with Crippen LogP contribution in [0.3, 0.4) is 0 Å². The van der Waals surface area contributed by atoms with Crippen LogP contribution in [0, 0.1) is 17.8 Å². The second kappa shape index (κ2) is 7.66. The lowest BCUT2D eigenvalue weighted by molar-refractivity contribution is -0.130. The van der Waals surface area contributed by atoms with Gasteiger partial charge in [-0.15, -0.1) is 11.3 Å². The van der Waals surface area contributed by atoms with E-state index in [-0.39, 0.29) is 24.0 Å². The van der Waals surface area contributed by atoms with Crippen molar-refractivity contribution in [3.05, 3.63) is 16.0 Å². The van der Waals surface area contributed by atoms with E-state index in [0.29, 0.717) is 10.6 Å². The van der Waals surface area contributed by atoms with Crippen molar-refractivity contribution in [1.29, 1.82) is 0 Å². The zero-order chi connectivity index (χ0) is 20.9. The average molecular weight is 431 g/mol. The van der Waals surface area contributed by atoms with Gasteiger partial charge in [0, 0.05) is 17.3 Å². The van der Waals surface area contributed by atoms with E-state index in [4.69, 9.17) is 4.74 Å². The third kappa shape index (κ3) is 3.77. The molecule has 4 saturated carbocycles. The van der Waals surface area contributed by atoms with Crippen LogP contribution < -0.4 is 10.6 Å². The Balaban J connectivity index is 1.25. The van der Waals surface area contributed by atoms with E-state index < -0.39 is 5.97 Å². The van der Waals surface area contributed by atoms with Gasteiger partial charge < -0.3 is 15.4 Å². The molecule has 162 valence electrons. The van der Waals surface area contributed by atoms with Crippen molar-refractivity contribution in [1.82, 2.24) is 5.32 Å². The van der Waals surface area contributed by atoms with Crippen LogP contribution in [-0.4, -0.2) is 29.9 Å². The molecule has 1 aromatic heterocycles. The van der Waals surface area contributed by atoms with E-state index in [9.17, 15) is 14.4 Å². The summed E-state index contributed by atoms with van der Waals surface area (Å²) < 4.78 is 5.45. The summed E-state index contributed by atoms with van der Waals surface area (Å²) in [5.41, 5.74) is 1.36. The van der Waals surface area contributed by atoms with Gasteiger partial charge in [-0.05, 0) is 87.5 Å². The number of aryl methyl sites for hydroxylation is 1. The van der Waals surface area contributed by atoms with Crippen molar-refractivity contribution in [2.45, 2.75) is 76.7 Å². The van der Waals surface area contributed by atoms with Gasteiger partial charge in [-0.2, -0.15) is 0 Å². The zero-order valence-electron chi connectivity index (χ0n) is 17.6. The molecule has 1 aromatic rings. The third-order valence-corrected chi connectivity index (χ3v) is 8.65. The number of hydrogen-bond donors (Lipinski definition) is 2. The molecule has 6 nitrogen and oxygen atoms in total. The second-order valence-electron chi connectivity index (χ2n) is 9.92. The Labute approximate surface area is 181 Å². The maximum Gasteiger partial charge on any atom is 0.341 e. The minimum absolute atomic E-state index is 0.0822.